The monoisotopic (exact) mass is 319 g/mol. The minimum absolute atomic E-state index is 0.178. The first kappa shape index (κ1) is 17.3. The Bertz CT molecular complexity index is 678. The molecular weight excluding hydrogens is 294 g/mol. The van der Waals surface area contributed by atoms with E-state index < -0.39 is 0 Å². The minimum Gasteiger partial charge on any atom is -0.507 e. The molecule has 5 heteroatoms. The highest BCUT2D eigenvalue weighted by atomic mass is 16.6. The molecule has 2 rings (SSSR count). The number of phenols is 1. The number of benzene rings is 1. The van der Waals surface area contributed by atoms with Crippen molar-refractivity contribution < 1.29 is 14.8 Å². The molecule has 1 heterocycles. The first-order valence-electron chi connectivity index (χ1n) is 7.98. The number of rotatable bonds is 4. The van der Waals surface area contributed by atoms with Crippen LogP contribution in [0.3, 0.4) is 0 Å². The third-order valence-electron chi connectivity index (χ3n) is 4.99. The Hall–Kier alpha value is -2.04. The zero-order valence-corrected chi connectivity index (χ0v) is 14.5. The highest BCUT2D eigenvalue weighted by Gasteiger charge is 2.34. The van der Waals surface area contributed by atoms with Gasteiger partial charge in [-0.2, -0.15) is 0 Å². The molecule has 1 aliphatic rings. The van der Waals surface area contributed by atoms with E-state index in [9.17, 15) is 15.2 Å². The molecule has 0 radical (unpaired) electrons. The first-order valence-corrected chi connectivity index (χ1v) is 7.98. The number of hydrogen-bond donors (Lipinski definition) is 1. The second-order valence-corrected chi connectivity index (χ2v) is 6.72. The van der Waals surface area contributed by atoms with Gasteiger partial charge in [-0.1, -0.05) is 0 Å². The van der Waals surface area contributed by atoms with E-state index in [1.165, 1.54) is 6.92 Å². The second-order valence-electron chi connectivity index (χ2n) is 6.72. The number of hydrogen-bond acceptors (Lipinski definition) is 4. The van der Waals surface area contributed by atoms with Gasteiger partial charge in [-0.25, -0.2) is 0 Å². The lowest BCUT2D eigenvalue weighted by atomic mass is 9.85. The largest absolute Gasteiger partial charge is 0.507 e. The predicted octanol–water partition coefficient (Wildman–Crippen LogP) is 4.36. The molecule has 0 aromatic heterocycles. The summed E-state index contributed by atoms with van der Waals surface area (Å²) in [4.78, 5) is 10.3. The summed E-state index contributed by atoms with van der Waals surface area (Å²) in [6.45, 7) is 9.36. The van der Waals surface area contributed by atoms with Gasteiger partial charge in [0.05, 0.1) is 4.92 Å². The Kier molecular flexibility index (Phi) is 4.68. The summed E-state index contributed by atoms with van der Waals surface area (Å²) in [6, 6.07) is 0. The highest BCUT2D eigenvalue weighted by Crippen LogP contribution is 2.44. The molecule has 23 heavy (non-hydrogen) atoms. The zero-order chi connectivity index (χ0) is 17.4. The average Bonchev–Trinajstić information content (AvgIpc) is 2.50. The van der Waals surface area contributed by atoms with E-state index in [-0.39, 0.29) is 16.2 Å². The van der Waals surface area contributed by atoms with Crippen molar-refractivity contribution >= 4 is 0 Å². The van der Waals surface area contributed by atoms with Crippen molar-refractivity contribution in [2.45, 2.75) is 65.9 Å². The van der Waals surface area contributed by atoms with E-state index in [0.29, 0.717) is 12.2 Å². The zero-order valence-electron chi connectivity index (χ0n) is 14.5. The van der Waals surface area contributed by atoms with Crippen LogP contribution < -0.4 is 4.74 Å². The van der Waals surface area contributed by atoms with Crippen molar-refractivity contribution in [3.05, 3.63) is 44.1 Å². The number of ether oxygens (including phenoxy) is 1. The van der Waals surface area contributed by atoms with Gasteiger partial charge < -0.3 is 9.84 Å². The number of fused-ring (bicyclic) bond motifs is 1. The van der Waals surface area contributed by atoms with Crippen LogP contribution in [-0.4, -0.2) is 15.6 Å². The van der Waals surface area contributed by atoms with Crippen LogP contribution in [0.2, 0.25) is 0 Å². The number of phenolic OH excluding ortho intramolecular Hbond substituents is 1. The molecule has 1 N–H and O–H groups in total. The smallest absolute Gasteiger partial charge is 0.239 e. The maximum absolute atomic E-state index is 10.7. The van der Waals surface area contributed by atoms with Gasteiger partial charge in [-0.05, 0) is 76.1 Å². The molecule has 1 aromatic rings. The average molecular weight is 319 g/mol. The molecule has 1 aromatic carbocycles. The van der Waals surface area contributed by atoms with Crippen molar-refractivity contribution in [1.29, 1.82) is 0 Å². The van der Waals surface area contributed by atoms with Gasteiger partial charge in [-0.15, -0.1) is 0 Å². The molecule has 0 fully saturated rings. The van der Waals surface area contributed by atoms with Gasteiger partial charge in [0.15, 0.2) is 0 Å². The van der Waals surface area contributed by atoms with E-state index >= 15 is 0 Å². The van der Waals surface area contributed by atoms with Gasteiger partial charge in [0, 0.05) is 12.5 Å². The van der Waals surface area contributed by atoms with Crippen molar-refractivity contribution in [3.63, 3.8) is 0 Å². The SMILES string of the molecule is C/C(=C/CCC1(C)CCc2c(C)c(O)c(C)c(C)c2O1)[N+](=O)[O-]. The van der Waals surface area contributed by atoms with E-state index in [0.717, 1.165) is 47.3 Å². The number of nitrogens with zero attached hydrogens (tertiary/aromatic N) is 1. The molecule has 1 unspecified atom stereocenters. The molecule has 0 saturated carbocycles. The van der Waals surface area contributed by atoms with Crippen LogP contribution in [-0.2, 0) is 6.42 Å². The Morgan fingerprint density at radius 3 is 2.61 bits per heavy atom. The van der Waals surface area contributed by atoms with Crippen LogP contribution >= 0.6 is 0 Å². The maximum atomic E-state index is 10.7. The maximum Gasteiger partial charge on any atom is 0.239 e. The number of aromatic hydroxyl groups is 1. The third kappa shape index (κ3) is 3.33. The molecule has 0 aliphatic carbocycles. The topological polar surface area (TPSA) is 72.6 Å². The molecule has 1 atom stereocenters. The quantitative estimate of drug-likeness (QED) is 0.661. The second kappa shape index (κ2) is 6.22. The molecule has 5 nitrogen and oxygen atoms in total. The molecule has 0 saturated heterocycles. The van der Waals surface area contributed by atoms with Crippen molar-refractivity contribution in [2.75, 3.05) is 0 Å². The fourth-order valence-electron chi connectivity index (χ4n) is 3.13. The number of nitro groups is 1. The Morgan fingerprint density at radius 1 is 1.35 bits per heavy atom. The van der Waals surface area contributed by atoms with Gasteiger partial charge >= 0.3 is 0 Å². The van der Waals surface area contributed by atoms with Crippen molar-refractivity contribution in [3.8, 4) is 11.5 Å². The fourth-order valence-corrected chi connectivity index (χ4v) is 3.13. The van der Waals surface area contributed by atoms with Crippen LogP contribution in [0.25, 0.3) is 0 Å². The van der Waals surface area contributed by atoms with Gasteiger partial charge in [-0.3, -0.25) is 10.1 Å². The van der Waals surface area contributed by atoms with Gasteiger partial charge in [0.2, 0.25) is 5.70 Å². The molecule has 0 amide bonds. The summed E-state index contributed by atoms with van der Waals surface area (Å²) in [5.74, 6) is 1.24. The van der Waals surface area contributed by atoms with E-state index in [4.69, 9.17) is 4.74 Å². The predicted molar refractivity (Wildman–Crippen MR) is 89.7 cm³/mol. The molecule has 1 aliphatic heterocycles. The molecular formula is C18H25NO4. The fraction of sp³-hybridized carbons (Fsp3) is 0.556. The first-order chi connectivity index (χ1) is 10.7. The Morgan fingerprint density at radius 2 is 2.00 bits per heavy atom. The molecule has 0 bridgehead atoms. The number of allylic oxidation sites excluding steroid dienone is 2. The molecule has 0 spiro atoms. The van der Waals surface area contributed by atoms with Crippen LogP contribution in [0.5, 0.6) is 11.5 Å². The van der Waals surface area contributed by atoms with Crippen LogP contribution in [0, 0.1) is 30.9 Å². The van der Waals surface area contributed by atoms with Crippen LogP contribution in [0.1, 0.15) is 55.4 Å². The van der Waals surface area contributed by atoms with E-state index in [1.807, 2.05) is 20.8 Å². The lowest BCUT2D eigenvalue weighted by Crippen LogP contribution is -2.37. The summed E-state index contributed by atoms with van der Waals surface area (Å²) in [6.07, 6.45) is 4.70. The summed E-state index contributed by atoms with van der Waals surface area (Å²) in [7, 11) is 0. The van der Waals surface area contributed by atoms with Crippen LogP contribution in [0.15, 0.2) is 11.8 Å². The van der Waals surface area contributed by atoms with E-state index in [1.54, 1.807) is 6.08 Å². The van der Waals surface area contributed by atoms with Gasteiger partial charge in [0.1, 0.15) is 17.1 Å². The summed E-state index contributed by atoms with van der Waals surface area (Å²) >= 11 is 0. The summed E-state index contributed by atoms with van der Waals surface area (Å²) in [5, 5.41) is 20.9. The minimum atomic E-state index is -0.362. The van der Waals surface area contributed by atoms with Crippen LogP contribution in [0.4, 0.5) is 0 Å². The summed E-state index contributed by atoms with van der Waals surface area (Å²) < 4.78 is 6.30. The molecule has 126 valence electrons. The van der Waals surface area contributed by atoms with Gasteiger partial charge in [0.25, 0.3) is 0 Å². The standard InChI is InChI=1S/C18H25NO4/c1-11(19(21)22)7-6-9-18(5)10-8-15-14(4)16(20)12(2)13(3)17(15)23-18/h7,20H,6,8-10H2,1-5H3/b11-7-. The lowest BCUT2D eigenvalue weighted by molar-refractivity contribution is -0.424. The Labute approximate surface area is 137 Å². The van der Waals surface area contributed by atoms with Crippen molar-refractivity contribution in [1.82, 2.24) is 0 Å². The normalized spacial score (nSPS) is 20.8. The highest BCUT2D eigenvalue weighted by molar-refractivity contribution is 5.58. The summed E-state index contributed by atoms with van der Waals surface area (Å²) in [5.41, 5.74) is 3.66. The third-order valence-corrected chi connectivity index (χ3v) is 4.99. The van der Waals surface area contributed by atoms with E-state index in [2.05, 4.69) is 6.92 Å². The lowest BCUT2D eigenvalue weighted by Gasteiger charge is -2.38. The van der Waals surface area contributed by atoms with Crippen molar-refractivity contribution in [2.24, 2.45) is 0 Å². The Balaban J connectivity index is 2.22.